The van der Waals surface area contributed by atoms with E-state index in [0.717, 1.165) is 11.1 Å². The highest BCUT2D eigenvalue weighted by molar-refractivity contribution is 5.79. The molecule has 1 aliphatic rings. The van der Waals surface area contributed by atoms with Gasteiger partial charge in [-0.3, -0.25) is 9.59 Å². The maximum Gasteiger partial charge on any atom is 0.407 e. The molecule has 2 aromatic carbocycles. The second-order valence-electron chi connectivity index (χ2n) is 8.25. The molecule has 2 aromatic rings. The highest BCUT2D eigenvalue weighted by Crippen LogP contribution is 2.44. The summed E-state index contributed by atoms with van der Waals surface area (Å²) in [4.78, 5) is 37.5. The molecule has 0 saturated heterocycles. The van der Waals surface area contributed by atoms with E-state index in [9.17, 15) is 14.4 Å². The van der Waals surface area contributed by atoms with Gasteiger partial charge in [-0.1, -0.05) is 55.5 Å². The summed E-state index contributed by atoms with van der Waals surface area (Å²) in [5.74, 6) is -0.995. The highest BCUT2D eigenvalue weighted by atomic mass is 16.5. The number of ether oxygens (including phenoxy) is 1. The summed E-state index contributed by atoms with van der Waals surface area (Å²) in [6.45, 7) is 4.88. The molecule has 0 unspecified atom stereocenters. The summed E-state index contributed by atoms with van der Waals surface area (Å²) in [7, 11) is 0. The van der Waals surface area contributed by atoms with Crippen molar-refractivity contribution in [3.63, 3.8) is 0 Å². The molecule has 1 aliphatic carbocycles. The number of hydrogen-bond donors (Lipinski definition) is 2. The Labute approximate surface area is 194 Å². The summed E-state index contributed by atoms with van der Waals surface area (Å²) < 4.78 is 5.59. The van der Waals surface area contributed by atoms with Crippen molar-refractivity contribution in [3.8, 4) is 11.1 Å². The lowest BCUT2D eigenvalue weighted by molar-refractivity contribution is -0.138. The number of rotatable bonds is 11. The molecule has 0 spiro atoms. The molecule has 0 radical (unpaired) electrons. The van der Waals surface area contributed by atoms with Crippen LogP contribution in [0, 0.1) is 0 Å². The third-order valence-corrected chi connectivity index (χ3v) is 6.13. The second-order valence-corrected chi connectivity index (χ2v) is 8.25. The monoisotopic (exact) mass is 452 g/mol. The largest absolute Gasteiger partial charge is 0.481 e. The van der Waals surface area contributed by atoms with Crippen LogP contribution in [0.15, 0.2) is 48.5 Å². The summed E-state index contributed by atoms with van der Waals surface area (Å²) in [5.41, 5.74) is 4.63. The number of fused-ring (bicyclic) bond motifs is 3. The van der Waals surface area contributed by atoms with Crippen molar-refractivity contribution in [2.45, 2.75) is 51.5 Å². The smallest absolute Gasteiger partial charge is 0.407 e. The Morgan fingerprint density at radius 3 is 2.18 bits per heavy atom. The van der Waals surface area contributed by atoms with Crippen LogP contribution >= 0.6 is 0 Å². The van der Waals surface area contributed by atoms with Gasteiger partial charge >= 0.3 is 12.1 Å². The highest BCUT2D eigenvalue weighted by Gasteiger charge is 2.29. The molecular formula is C26H32N2O5. The predicted octanol–water partition coefficient (Wildman–Crippen LogP) is 4.41. The third kappa shape index (κ3) is 6.12. The average molecular weight is 453 g/mol. The number of carbonyl (C=O) groups is 3. The lowest BCUT2D eigenvalue weighted by Gasteiger charge is -2.24. The molecule has 0 aromatic heterocycles. The van der Waals surface area contributed by atoms with E-state index >= 15 is 0 Å². The van der Waals surface area contributed by atoms with Gasteiger partial charge < -0.3 is 20.1 Å². The van der Waals surface area contributed by atoms with E-state index in [4.69, 9.17) is 9.84 Å². The van der Waals surface area contributed by atoms with Crippen LogP contribution < -0.4 is 5.32 Å². The molecule has 2 amide bonds. The minimum Gasteiger partial charge on any atom is -0.481 e. The molecule has 0 aliphatic heterocycles. The van der Waals surface area contributed by atoms with Gasteiger partial charge in [0.05, 0.1) is 0 Å². The minimum absolute atomic E-state index is 0.0188. The van der Waals surface area contributed by atoms with Gasteiger partial charge in [0.15, 0.2) is 0 Å². The van der Waals surface area contributed by atoms with E-state index in [1.165, 1.54) is 11.1 Å². The molecule has 33 heavy (non-hydrogen) atoms. The van der Waals surface area contributed by atoms with Crippen LogP contribution in [-0.4, -0.2) is 53.7 Å². The number of amides is 2. The standard InChI is InChI=1S/C26H32N2O5/c1-3-18(16-24(29)28(4-2)15-9-14-25(30)31)27-26(32)33-17-23-21-12-7-5-10-19(21)20-11-6-8-13-22(20)23/h5-8,10-13,18,23H,3-4,9,14-17H2,1-2H3,(H,27,32)(H,30,31)/t18-/m0/s1. The van der Waals surface area contributed by atoms with Gasteiger partial charge in [0.2, 0.25) is 5.91 Å². The zero-order valence-electron chi connectivity index (χ0n) is 19.3. The third-order valence-electron chi connectivity index (χ3n) is 6.13. The molecule has 0 saturated carbocycles. The van der Waals surface area contributed by atoms with E-state index in [1.54, 1.807) is 4.90 Å². The number of benzene rings is 2. The van der Waals surface area contributed by atoms with Gasteiger partial charge in [0.1, 0.15) is 6.61 Å². The Morgan fingerprint density at radius 1 is 1.03 bits per heavy atom. The number of carboxylic acid groups (broad SMARTS) is 1. The number of nitrogens with zero attached hydrogens (tertiary/aromatic N) is 1. The van der Waals surface area contributed by atoms with Gasteiger partial charge in [0.25, 0.3) is 0 Å². The Balaban J connectivity index is 1.54. The molecule has 0 fully saturated rings. The zero-order valence-corrected chi connectivity index (χ0v) is 19.3. The maximum absolute atomic E-state index is 12.6. The van der Waals surface area contributed by atoms with Gasteiger partial charge in [-0.15, -0.1) is 0 Å². The van der Waals surface area contributed by atoms with Crippen molar-refractivity contribution in [3.05, 3.63) is 59.7 Å². The molecular weight excluding hydrogens is 420 g/mol. The van der Waals surface area contributed by atoms with Crippen LogP contribution in [0.4, 0.5) is 4.79 Å². The first-order valence-corrected chi connectivity index (χ1v) is 11.6. The fourth-order valence-electron chi connectivity index (χ4n) is 4.32. The van der Waals surface area contributed by atoms with Crippen LogP contribution in [0.3, 0.4) is 0 Å². The van der Waals surface area contributed by atoms with Gasteiger partial charge in [-0.2, -0.15) is 0 Å². The van der Waals surface area contributed by atoms with Crippen LogP contribution in [0.25, 0.3) is 11.1 Å². The van der Waals surface area contributed by atoms with Crippen molar-refractivity contribution in [1.82, 2.24) is 10.2 Å². The number of nitrogens with one attached hydrogen (secondary N) is 1. The summed E-state index contributed by atoms with van der Waals surface area (Å²) >= 11 is 0. The van der Waals surface area contributed by atoms with E-state index in [2.05, 4.69) is 29.6 Å². The van der Waals surface area contributed by atoms with Crippen molar-refractivity contribution in [1.29, 1.82) is 0 Å². The quantitative estimate of drug-likeness (QED) is 0.527. The molecule has 1 atom stereocenters. The molecule has 0 bridgehead atoms. The molecule has 0 heterocycles. The van der Waals surface area contributed by atoms with Gasteiger partial charge in [-0.25, -0.2) is 4.79 Å². The lowest BCUT2D eigenvalue weighted by Crippen LogP contribution is -2.41. The topological polar surface area (TPSA) is 95.9 Å². The Bertz CT molecular complexity index is 945. The number of carbonyl (C=O) groups excluding carboxylic acids is 2. The fourth-order valence-corrected chi connectivity index (χ4v) is 4.32. The minimum atomic E-state index is -0.873. The summed E-state index contributed by atoms with van der Waals surface area (Å²) in [5, 5.41) is 11.6. The number of hydrogen-bond acceptors (Lipinski definition) is 4. The Hall–Kier alpha value is -3.35. The average Bonchev–Trinajstić information content (AvgIpc) is 3.13. The number of alkyl carbamates (subject to hydrolysis) is 1. The molecule has 7 heteroatoms. The number of carboxylic acids is 1. The van der Waals surface area contributed by atoms with Crippen LogP contribution in [0.5, 0.6) is 0 Å². The van der Waals surface area contributed by atoms with Gasteiger partial charge in [0, 0.05) is 37.9 Å². The van der Waals surface area contributed by atoms with Crippen molar-refractivity contribution in [2.75, 3.05) is 19.7 Å². The molecule has 176 valence electrons. The SMILES string of the molecule is CC[C@@H](CC(=O)N(CC)CCCC(=O)O)NC(=O)OCC1c2ccccc2-c2ccccc21. The van der Waals surface area contributed by atoms with E-state index < -0.39 is 12.1 Å². The summed E-state index contributed by atoms with van der Waals surface area (Å²) in [6.07, 6.45) is 0.639. The van der Waals surface area contributed by atoms with E-state index in [0.29, 0.717) is 25.9 Å². The lowest BCUT2D eigenvalue weighted by atomic mass is 9.98. The molecule has 3 rings (SSSR count). The number of aliphatic carboxylic acids is 1. The van der Waals surface area contributed by atoms with Crippen LogP contribution in [-0.2, 0) is 14.3 Å². The second kappa shape index (κ2) is 11.5. The van der Waals surface area contributed by atoms with E-state index in [-0.39, 0.29) is 37.3 Å². The van der Waals surface area contributed by atoms with Crippen molar-refractivity contribution >= 4 is 18.0 Å². The predicted molar refractivity (Wildman–Crippen MR) is 126 cm³/mol. The van der Waals surface area contributed by atoms with Crippen molar-refractivity contribution in [2.24, 2.45) is 0 Å². The van der Waals surface area contributed by atoms with Crippen LogP contribution in [0.2, 0.25) is 0 Å². The first-order chi connectivity index (χ1) is 15.9. The Kier molecular flexibility index (Phi) is 8.46. The van der Waals surface area contributed by atoms with E-state index in [1.807, 2.05) is 38.1 Å². The van der Waals surface area contributed by atoms with Crippen LogP contribution in [0.1, 0.15) is 56.6 Å². The maximum atomic E-state index is 12.6. The molecule has 2 N–H and O–H groups in total. The Morgan fingerprint density at radius 2 is 1.64 bits per heavy atom. The van der Waals surface area contributed by atoms with Crippen molar-refractivity contribution < 1.29 is 24.2 Å². The first-order valence-electron chi connectivity index (χ1n) is 11.6. The van der Waals surface area contributed by atoms with Gasteiger partial charge in [-0.05, 0) is 42.0 Å². The normalized spacial score (nSPS) is 13.0. The first kappa shape index (κ1) is 24.3. The fraction of sp³-hybridized carbons (Fsp3) is 0.423. The zero-order chi connectivity index (χ0) is 23.8. The molecule has 7 nitrogen and oxygen atoms in total. The summed E-state index contributed by atoms with van der Waals surface area (Å²) in [6, 6.07) is 16.0.